The topological polar surface area (TPSA) is 25.8 Å². The van der Waals surface area contributed by atoms with Gasteiger partial charge in [0.15, 0.2) is 0 Å². The SMILES string of the molecule is Cc1ncnc([CH]=[W])c1C. The van der Waals surface area contributed by atoms with Gasteiger partial charge in [0.1, 0.15) is 0 Å². The zero-order valence-corrected chi connectivity index (χ0v) is 8.89. The zero-order valence-electron chi connectivity index (χ0n) is 5.96. The molecule has 0 unspecified atom stereocenters. The molecule has 0 atom stereocenters. The van der Waals surface area contributed by atoms with Crippen LogP contribution in [0.4, 0.5) is 0 Å². The Labute approximate surface area is 71.1 Å². The monoisotopic (exact) mass is 304 g/mol. The summed E-state index contributed by atoms with van der Waals surface area (Å²) in [5.41, 5.74) is 3.34. The van der Waals surface area contributed by atoms with E-state index < -0.39 is 0 Å². The second-order valence-corrected chi connectivity index (χ2v) is 2.93. The maximum atomic E-state index is 4.11. The maximum absolute atomic E-state index is 4.11. The van der Waals surface area contributed by atoms with Crippen molar-refractivity contribution in [3.8, 4) is 0 Å². The van der Waals surface area contributed by atoms with E-state index in [9.17, 15) is 0 Å². The average Bonchev–Trinajstić information content (AvgIpc) is 1.95. The van der Waals surface area contributed by atoms with Crippen molar-refractivity contribution in [2.45, 2.75) is 13.8 Å². The Balaban J connectivity index is 3.27. The standard InChI is InChI=1S/C7H8N2.W/c1-5-6(2)8-4-9-7(5)3;/h2,4H,1,3H3;. The van der Waals surface area contributed by atoms with Gasteiger partial charge in [-0.2, -0.15) is 0 Å². The third kappa shape index (κ3) is 1.38. The molecule has 3 heteroatoms. The summed E-state index contributed by atoms with van der Waals surface area (Å²) in [7, 11) is 0. The first-order valence-electron chi connectivity index (χ1n) is 2.99. The van der Waals surface area contributed by atoms with Gasteiger partial charge in [-0.05, 0) is 0 Å². The van der Waals surface area contributed by atoms with E-state index in [-0.39, 0.29) is 0 Å². The first-order valence-corrected chi connectivity index (χ1v) is 4.68. The van der Waals surface area contributed by atoms with Crippen molar-refractivity contribution in [3.05, 3.63) is 23.3 Å². The molecule has 0 bridgehead atoms. The zero-order chi connectivity index (χ0) is 7.56. The molecule has 10 heavy (non-hydrogen) atoms. The van der Waals surface area contributed by atoms with Gasteiger partial charge in [-0.25, -0.2) is 0 Å². The van der Waals surface area contributed by atoms with Crippen LogP contribution in [0.2, 0.25) is 0 Å². The van der Waals surface area contributed by atoms with E-state index in [1.54, 1.807) is 6.33 Å². The van der Waals surface area contributed by atoms with Crippen molar-refractivity contribution < 1.29 is 19.4 Å². The van der Waals surface area contributed by atoms with Crippen LogP contribution in [-0.4, -0.2) is 14.4 Å². The Morgan fingerprint density at radius 3 is 2.60 bits per heavy atom. The quantitative estimate of drug-likeness (QED) is 0.767. The molecular formula is C7H8N2W. The van der Waals surface area contributed by atoms with Crippen LogP contribution in [0.3, 0.4) is 0 Å². The van der Waals surface area contributed by atoms with Crippen LogP contribution < -0.4 is 0 Å². The van der Waals surface area contributed by atoms with Crippen molar-refractivity contribution in [1.82, 2.24) is 9.97 Å². The van der Waals surface area contributed by atoms with E-state index in [0.29, 0.717) is 0 Å². The van der Waals surface area contributed by atoms with Crippen molar-refractivity contribution in [3.63, 3.8) is 0 Å². The summed E-state index contributed by atoms with van der Waals surface area (Å²) in [5.74, 6) is 0. The molecule has 0 radical (unpaired) electrons. The normalized spacial score (nSPS) is 9.40. The predicted molar refractivity (Wildman–Crippen MR) is 36.7 cm³/mol. The Morgan fingerprint density at radius 1 is 1.40 bits per heavy atom. The predicted octanol–water partition coefficient (Wildman–Crippen LogP) is 0.791. The second kappa shape index (κ2) is 3.16. The van der Waals surface area contributed by atoms with Crippen LogP contribution in [-0.2, 0) is 19.4 Å². The van der Waals surface area contributed by atoms with Crippen LogP contribution in [0.15, 0.2) is 6.33 Å². The number of aromatic nitrogens is 2. The van der Waals surface area contributed by atoms with Gasteiger partial charge in [0.25, 0.3) is 0 Å². The summed E-state index contributed by atoms with van der Waals surface area (Å²) in [6, 6.07) is 0. The Kier molecular flexibility index (Phi) is 2.44. The summed E-state index contributed by atoms with van der Waals surface area (Å²) >= 11 is 1.43. The summed E-state index contributed by atoms with van der Waals surface area (Å²) < 4.78 is 2.07. The summed E-state index contributed by atoms with van der Waals surface area (Å²) in [5, 5.41) is 0. The van der Waals surface area contributed by atoms with Crippen molar-refractivity contribution in [2.24, 2.45) is 0 Å². The molecule has 0 fully saturated rings. The number of rotatable bonds is 1. The van der Waals surface area contributed by atoms with Gasteiger partial charge < -0.3 is 0 Å². The molecule has 0 aromatic carbocycles. The minimum absolute atomic E-state index is 1.07. The van der Waals surface area contributed by atoms with E-state index in [1.165, 1.54) is 24.9 Å². The fourth-order valence-corrected chi connectivity index (χ4v) is 1.53. The fraction of sp³-hybridized carbons (Fsp3) is 0.286. The van der Waals surface area contributed by atoms with Crippen LogP contribution in [0.1, 0.15) is 17.0 Å². The summed E-state index contributed by atoms with van der Waals surface area (Å²) in [4.78, 5) is 8.18. The molecular weight excluding hydrogens is 296 g/mol. The van der Waals surface area contributed by atoms with Crippen LogP contribution >= 0.6 is 0 Å². The van der Waals surface area contributed by atoms with E-state index in [4.69, 9.17) is 0 Å². The van der Waals surface area contributed by atoms with Crippen molar-refractivity contribution in [2.75, 3.05) is 0 Å². The van der Waals surface area contributed by atoms with E-state index in [1.807, 2.05) is 13.8 Å². The first kappa shape index (κ1) is 7.74. The Bertz CT molecular complexity index is 258. The van der Waals surface area contributed by atoms with Gasteiger partial charge in [0.2, 0.25) is 0 Å². The van der Waals surface area contributed by atoms with Gasteiger partial charge in [0, 0.05) is 0 Å². The Hall–Kier alpha value is -0.362. The van der Waals surface area contributed by atoms with Crippen molar-refractivity contribution >= 4 is 4.40 Å². The van der Waals surface area contributed by atoms with Crippen molar-refractivity contribution in [1.29, 1.82) is 0 Å². The van der Waals surface area contributed by atoms with Crippen LogP contribution in [0.25, 0.3) is 0 Å². The van der Waals surface area contributed by atoms with Gasteiger partial charge in [-0.3, -0.25) is 0 Å². The number of aryl methyl sites for hydroxylation is 1. The van der Waals surface area contributed by atoms with Gasteiger partial charge in [-0.15, -0.1) is 0 Å². The molecule has 1 aromatic heterocycles. The van der Waals surface area contributed by atoms with Gasteiger partial charge in [-0.1, -0.05) is 0 Å². The molecule has 0 aliphatic rings. The number of nitrogens with zero attached hydrogens (tertiary/aromatic N) is 2. The molecule has 52 valence electrons. The number of hydrogen-bond donors (Lipinski definition) is 0. The van der Waals surface area contributed by atoms with E-state index in [0.717, 1.165) is 11.4 Å². The third-order valence-electron chi connectivity index (χ3n) is 1.49. The number of hydrogen-bond acceptors (Lipinski definition) is 2. The second-order valence-electron chi connectivity index (χ2n) is 2.09. The molecule has 0 saturated carbocycles. The minimum atomic E-state index is 1.07. The molecule has 1 rings (SSSR count). The molecule has 1 aromatic rings. The molecule has 2 nitrogen and oxygen atoms in total. The van der Waals surface area contributed by atoms with Gasteiger partial charge >= 0.3 is 70.8 Å². The molecule has 0 aliphatic carbocycles. The van der Waals surface area contributed by atoms with E-state index in [2.05, 4.69) is 14.4 Å². The molecule has 0 saturated heterocycles. The molecule has 0 N–H and O–H groups in total. The fourth-order valence-electron chi connectivity index (χ4n) is 0.675. The summed E-state index contributed by atoms with van der Waals surface area (Å²) in [6.45, 7) is 4.05. The average molecular weight is 304 g/mol. The third-order valence-corrected chi connectivity index (χ3v) is 2.29. The van der Waals surface area contributed by atoms with Crippen LogP contribution in [0, 0.1) is 13.8 Å². The summed E-state index contributed by atoms with van der Waals surface area (Å²) in [6.07, 6.45) is 1.61. The van der Waals surface area contributed by atoms with Gasteiger partial charge in [0.05, 0.1) is 0 Å². The van der Waals surface area contributed by atoms with Crippen LogP contribution in [0.5, 0.6) is 0 Å². The molecule has 0 amide bonds. The molecule has 0 aliphatic heterocycles. The molecule has 1 heterocycles. The Morgan fingerprint density at radius 2 is 2.10 bits per heavy atom. The molecule has 0 spiro atoms. The first-order chi connectivity index (χ1) is 4.75. The van der Waals surface area contributed by atoms with E-state index >= 15 is 0 Å².